The summed E-state index contributed by atoms with van der Waals surface area (Å²) in [4.78, 5) is 3.24. The molecule has 0 saturated carbocycles. The van der Waals surface area contributed by atoms with Crippen molar-refractivity contribution in [2.24, 2.45) is 0 Å². The molecule has 1 nitrogen and oxygen atoms in total. The predicted molar refractivity (Wildman–Crippen MR) is 90.4 cm³/mol. The van der Waals surface area contributed by atoms with Crippen molar-refractivity contribution in [2.45, 2.75) is 28.5 Å². The molecule has 3 aromatic rings. The molecule has 0 aliphatic heterocycles. The van der Waals surface area contributed by atoms with Crippen molar-refractivity contribution in [2.75, 3.05) is 0 Å². The van der Waals surface area contributed by atoms with Crippen LogP contribution in [-0.4, -0.2) is 0 Å². The monoisotopic (exact) mass is 306 g/mol. The van der Waals surface area contributed by atoms with Gasteiger partial charge in [0.2, 0.25) is 0 Å². The average Bonchev–Trinajstić information content (AvgIpc) is 2.50. The van der Waals surface area contributed by atoms with Gasteiger partial charge in [0, 0.05) is 0 Å². The van der Waals surface area contributed by atoms with E-state index in [0.717, 1.165) is 4.90 Å². The van der Waals surface area contributed by atoms with E-state index in [4.69, 9.17) is 0 Å². The number of benzene rings is 3. The maximum Gasteiger partial charge on any atom is 0.167 e. The van der Waals surface area contributed by atoms with Gasteiger partial charge in [-0.25, -0.2) is 0 Å². The molecule has 0 aromatic heterocycles. The first kappa shape index (κ1) is 14.7. The van der Waals surface area contributed by atoms with Gasteiger partial charge < -0.3 is 5.11 Å². The summed E-state index contributed by atoms with van der Waals surface area (Å²) in [6.45, 7) is 4.21. The van der Waals surface area contributed by atoms with Crippen LogP contribution >= 0.6 is 0 Å². The van der Waals surface area contributed by atoms with E-state index in [-0.39, 0.29) is 16.6 Å². The SMILES string of the molecule is Cc1cc(C)cc([S+](c2ccccc2)c2ccccc2[O-])c1. The lowest BCUT2D eigenvalue weighted by Crippen LogP contribution is -2.08. The van der Waals surface area contributed by atoms with Crippen molar-refractivity contribution in [3.8, 4) is 5.75 Å². The van der Waals surface area contributed by atoms with Gasteiger partial charge in [-0.15, -0.1) is 0 Å². The predicted octanol–water partition coefficient (Wildman–Crippen LogP) is 4.47. The molecule has 0 radical (unpaired) electrons. The van der Waals surface area contributed by atoms with Crippen LogP contribution in [0.1, 0.15) is 11.1 Å². The topological polar surface area (TPSA) is 23.1 Å². The summed E-state index contributed by atoms with van der Waals surface area (Å²) in [5, 5.41) is 12.4. The molecule has 110 valence electrons. The molecule has 0 heterocycles. The highest BCUT2D eigenvalue weighted by Crippen LogP contribution is 2.35. The van der Waals surface area contributed by atoms with E-state index in [0.29, 0.717) is 0 Å². The van der Waals surface area contributed by atoms with Gasteiger partial charge >= 0.3 is 0 Å². The molecule has 0 fully saturated rings. The largest absolute Gasteiger partial charge is 0.869 e. The maximum atomic E-state index is 12.4. The van der Waals surface area contributed by atoms with Gasteiger partial charge in [-0.2, -0.15) is 0 Å². The molecule has 0 N–H and O–H groups in total. The molecule has 0 saturated heterocycles. The van der Waals surface area contributed by atoms with E-state index >= 15 is 0 Å². The van der Waals surface area contributed by atoms with E-state index in [2.05, 4.69) is 44.2 Å². The minimum Gasteiger partial charge on any atom is -0.869 e. The van der Waals surface area contributed by atoms with Crippen LogP contribution in [0.5, 0.6) is 5.75 Å². The molecule has 1 unspecified atom stereocenters. The average molecular weight is 306 g/mol. The first-order chi connectivity index (χ1) is 10.6. The Hall–Kier alpha value is -2.19. The Balaban J connectivity index is 2.22. The molecule has 0 aliphatic carbocycles. The number of para-hydroxylation sites is 1. The second kappa shape index (κ2) is 6.29. The molecule has 22 heavy (non-hydrogen) atoms. The van der Waals surface area contributed by atoms with Crippen LogP contribution in [0, 0.1) is 13.8 Å². The third-order valence-electron chi connectivity index (χ3n) is 3.48. The Morgan fingerprint density at radius 3 is 1.91 bits per heavy atom. The molecule has 3 aromatic carbocycles. The van der Waals surface area contributed by atoms with Crippen molar-refractivity contribution < 1.29 is 5.11 Å². The zero-order chi connectivity index (χ0) is 15.5. The van der Waals surface area contributed by atoms with Gasteiger partial charge in [0.25, 0.3) is 0 Å². The van der Waals surface area contributed by atoms with Gasteiger partial charge in [-0.05, 0) is 55.3 Å². The molecule has 0 amide bonds. The van der Waals surface area contributed by atoms with Gasteiger partial charge in [0.15, 0.2) is 14.7 Å². The Bertz CT molecular complexity index is 760. The van der Waals surface area contributed by atoms with Crippen LogP contribution in [0.3, 0.4) is 0 Å². The van der Waals surface area contributed by atoms with Crippen LogP contribution in [-0.2, 0) is 10.9 Å². The zero-order valence-electron chi connectivity index (χ0n) is 12.7. The van der Waals surface area contributed by atoms with E-state index < -0.39 is 0 Å². The highest BCUT2D eigenvalue weighted by atomic mass is 32.2. The van der Waals surface area contributed by atoms with E-state index in [1.54, 1.807) is 12.1 Å². The quantitative estimate of drug-likeness (QED) is 0.655. The maximum absolute atomic E-state index is 12.4. The fourth-order valence-corrected chi connectivity index (χ4v) is 4.92. The highest BCUT2D eigenvalue weighted by Gasteiger charge is 2.29. The standard InChI is InChI=1S/C20H18OS/c1-15-12-16(2)14-18(13-15)22(17-8-4-3-5-9-17)20-11-7-6-10-19(20)21/h3-14H,1-2H3. The smallest absolute Gasteiger partial charge is 0.167 e. The van der Waals surface area contributed by atoms with Crippen LogP contribution in [0.4, 0.5) is 0 Å². The Morgan fingerprint density at radius 2 is 1.27 bits per heavy atom. The Morgan fingerprint density at radius 1 is 0.682 bits per heavy atom. The Labute approximate surface area is 134 Å². The van der Waals surface area contributed by atoms with Crippen LogP contribution < -0.4 is 5.11 Å². The van der Waals surface area contributed by atoms with Crippen LogP contribution in [0.2, 0.25) is 0 Å². The van der Waals surface area contributed by atoms with Crippen molar-refractivity contribution >= 4 is 10.9 Å². The third kappa shape index (κ3) is 3.02. The fraction of sp³-hybridized carbons (Fsp3) is 0.100. The molecular formula is C20H18OS. The molecule has 0 aliphatic rings. The van der Waals surface area contributed by atoms with Gasteiger partial charge in [0.05, 0.1) is 10.9 Å². The van der Waals surface area contributed by atoms with Crippen molar-refractivity contribution in [1.29, 1.82) is 0 Å². The zero-order valence-corrected chi connectivity index (χ0v) is 13.6. The highest BCUT2D eigenvalue weighted by molar-refractivity contribution is 7.97. The Kier molecular flexibility index (Phi) is 4.21. The second-order valence-electron chi connectivity index (χ2n) is 5.39. The van der Waals surface area contributed by atoms with Crippen molar-refractivity contribution in [3.63, 3.8) is 0 Å². The van der Waals surface area contributed by atoms with Gasteiger partial charge in [-0.3, -0.25) is 0 Å². The minimum absolute atomic E-state index is 0.105. The van der Waals surface area contributed by atoms with Gasteiger partial charge in [0.1, 0.15) is 0 Å². The summed E-state index contributed by atoms with van der Waals surface area (Å²) in [6.07, 6.45) is 0. The number of hydrogen-bond donors (Lipinski definition) is 0. The lowest BCUT2D eigenvalue weighted by Gasteiger charge is -2.15. The summed E-state index contributed by atoms with van der Waals surface area (Å²) in [6, 6.07) is 24.2. The van der Waals surface area contributed by atoms with Crippen molar-refractivity contribution in [1.82, 2.24) is 0 Å². The summed E-state index contributed by atoms with van der Waals surface area (Å²) in [5.41, 5.74) is 2.46. The second-order valence-corrected chi connectivity index (χ2v) is 7.38. The summed E-state index contributed by atoms with van der Waals surface area (Å²) in [7, 11) is -0.359. The third-order valence-corrected chi connectivity index (χ3v) is 5.71. The summed E-state index contributed by atoms with van der Waals surface area (Å²) in [5.74, 6) is 0.105. The number of aryl methyl sites for hydroxylation is 2. The lowest BCUT2D eigenvalue weighted by molar-refractivity contribution is -0.272. The molecule has 2 heteroatoms. The first-order valence-electron chi connectivity index (χ1n) is 7.29. The summed E-state index contributed by atoms with van der Waals surface area (Å²) >= 11 is 0. The normalized spacial score (nSPS) is 12.1. The molecule has 0 spiro atoms. The molecule has 0 bridgehead atoms. The van der Waals surface area contributed by atoms with Crippen LogP contribution in [0.15, 0.2) is 87.5 Å². The van der Waals surface area contributed by atoms with E-state index in [1.165, 1.54) is 20.9 Å². The molecule has 1 atom stereocenters. The number of rotatable bonds is 3. The van der Waals surface area contributed by atoms with E-state index in [1.807, 2.05) is 30.3 Å². The number of hydrogen-bond acceptors (Lipinski definition) is 1. The minimum atomic E-state index is -0.359. The summed E-state index contributed by atoms with van der Waals surface area (Å²) < 4.78 is 0. The fourth-order valence-electron chi connectivity index (χ4n) is 2.62. The first-order valence-corrected chi connectivity index (χ1v) is 8.51. The molecule has 3 rings (SSSR count). The van der Waals surface area contributed by atoms with Crippen LogP contribution in [0.25, 0.3) is 0 Å². The molecular weight excluding hydrogens is 288 g/mol. The van der Waals surface area contributed by atoms with Crippen molar-refractivity contribution in [3.05, 3.63) is 83.9 Å². The lowest BCUT2D eigenvalue weighted by atomic mass is 10.2. The van der Waals surface area contributed by atoms with Gasteiger partial charge in [-0.1, -0.05) is 48.2 Å². The van der Waals surface area contributed by atoms with E-state index in [9.17, 15) is 5.11 Å².